The third-order valence-corrected chi connectivity index (χ3v) is 3.01. The minimum absolute atomic E-state index is 0.00501. The number of carbonyl (C=O) groups excluding carboxylic acids is 2. The SMILES string of the molecule is COc1cc(C=C2C(=O)NC(=S)NC2=O)ccc1OC(C)C. The van der Waals surface area contributed by atoms with Gasteiger partial charge in [-0.05, 0) is 49.8 Å². The second kappa shape index (κ2) is 6.57. The number of rotatable bonds is 4. The maximum absolute atomic E-state index is 11.8. The van der Waals surface area contributed by atoms with Crippen molar-refractivity contribution in [1.82, 2.24) is 10.6 Å². The molecule has 0 radical (unpaired) electrons. The van der Waals surface area contributed by atoms with Crippen LogP contribution in [0, 0.1) is 0 Å². The Morgan fingerprint density at radius 3 is 2.32 bits per heavy atom. The number of amides is 2. The van der Waals surface area contributed by atoms with Gasteiger partial charge in [-0.3, -0.25) is 20.2 Å². The van der Waals surface area contributed by atoms with E-state index in [1.54, 1.807) is 18.2 Å². The molecule has 116 valence electrons. The van der Waals surface area contributed by atoms with Crippen molar-refractivity contribution in [3.05, 3.63) is 29.3 Å². The predicted molar refractivity (Wildman–Crippen MR) is 85.6 cm³/mol. The Kier molecular flexibility index (Phi) is 4.77. The molecule has 0 aromatic heterocycles. The molecular formula is C15H16N2O4S. The molecule has 7 heteroatoms. The lowest BCUT2D eigenvalue weighted by Crippen LogP contribution is -2.51. The zero-order chi connectivity index (χ0) is 16.3. The Morgan fingerprint density at radius 1 is 1.14 bits per heavy atom. The maximum atomic E-state index is 11.8. The quantitative estimate of drug-likeness (QED) is 0.498. The number of nitrogens with one attached hydrogen (secondary N) is 2. The van der Waals surface area contributed by atoms with Gasteiger partial charge >= 0.3 is 0 Å². The summed E-state index contributed by atoms with van der Waals surface area (Å²) >= 11 is 4.75. The van der Waals surface area contributed by atoms with Crippen molar-refractivity contribution < 1.29 is 19.1 Å². The molecule has 1 fully saturated rings. The van der Waals surface area contributed by atoms with Crippen LogP contribution in [-0.4, -0.2) is 30.1 Å². The van der Waals surface area contributed by atoms with Crippen molar-refractivity contribution in [3.8, 4) is 11.5 Å². The smallest absolute Gasteiger partial charge is 0.263 e. The Bertz CT molecular complexity index is 646. The van der Waals surface area contributed by atoms with Gasteiger partial charge in [0.2, 0.25) is 0 Å². The first-order valence-corrected chi connectivity index (χ1v) is 7.04. The number of carbonyl (C=O) groups is 2. The topological polar surface area (TPSA) is 76.7 Å². The summed E-state index contributed by atoms with van der Waals surface area (Å²) in [4.78, 5) is 23.6. The highest BCUT2D eigenvalue weighted by molar-refractivity contribution is 7.80. The van der Waals surface area contributed by atoms with Crippen LogP contribution in [-0.2, 0) is 9.59 Å². The van der Waals surface area contributed by atoms with Crippen LogP contribution in [0.25, 0.3) is 6.08 Å². The summed E-state index contributed by atoms with van der Waals surface area (Å²) in [6.45, 7) is 3.82. The third kappa shape index (κ3) is 3.62. The van der Waals surface area contributed by atoms with Crippen molar-refractivity contribution in [1.29, 1.82) is 0 Å². The zero-order valence-corrected chi connectivity index (χ0v) is 13.2. The highest BCUT2D eigenvalue weighted by atomic mass is 32.1. The van der Waals surface area contributed by atoms with Crippen molar-refractivity contribution in [2.24, 2.45) is 0 Å². The number of methoxy groups -OCH3 is 1. The van der Waals surface area contributed by atoms with Crippen molar-refractivity contribution in [3.63, 3.8) is 0 Å². The average molecular weight is 320 g/mol. The second-order valence-corrected chi connectivity index (χ2v) is 5.28. The van der Waals surface area contributed by atoms with E-state index in [2.05, 4.69) is 10.6 Å². The molecule has 6 nitrogen and oxygen atoms in total. The van der Waals surface area contributed by atoms with Crippen molar-refractivity contribution >= 4 is 35.2 Å². The highest BCUT2D eigenvalue weighted by Gasteiger charge is 2.25. The normalized spacial score (nSPS) is 14.5. The molecule has 1 saturated heterocycles. The number of hydrogen-bond acceptors (Lipinski definition) is 5. The lowest BCUT2D eigenvalue weighted by atomic mass is 10.1. The molecular weight excluding hydrogens is 304 g/mol. The van der Waals surface area contributed by atoms with Crippen LogP contribution in [0.1, 0.15) is 19.4 Å². The Morgan fingerprint density at radius 2 is 1.77 bits per heavy atom. The predicted octanol–water partition coefficient (Wildman–Crippen LogP) is 1.40. The summed E-state index contributed by atoms with van der Waals surface area (Å²) < 4.78 is 10.9. The van der Waals surface area contributed by atoms with E-state index in [-0.39, 0.29) is 16.8 Å². The Balaban J connectivity index is 2.33. The van der Waals surface area contributed by atoms with Gasteiger partial charge in [0.1, 0.15) is 5.57 Å². The summed E-state index contributed by atoms with van der Waals surface area (Å²) in [5, 5.41) is 4.77. The first-order chi connectivity index (χ1) is 10.4. The fraction of sp³-hybridized carbons (Fsp3) is 0.267. The van der Waals surface area contributed by atoms with Crippen LogP contribution < -0.4 is 20.1 Å². The van der Waals surface area contributed by atoms with Gasteiger partial charge in [-0.1, -0.05) is 6.07 Å². The minimum atomic E-state index is -0.532. The lowest BCUT2D eigenvalue weighted by molar-refractivity contribution is -0.123. The van der Waals surface area contributed by atoms with Gasteiger partial charge in [0, 0.05) is 0 Å². The molecule has 0 unspecified atom stereocenters. The number of thiocarbonyl (C=S) groups is 1. The average Bonchev–Trinajstić information content (AvgIpc) is 2.43. The molecule has 0 bridgehead atoms. The van der Waals surface area contributed by atoms with Gasteiger partial charge in [0.25, 0.3) is 11.8 Å². The fourth-order valence-corrected chi connectivity index (χ4v) is 2.08. The van der Waals surface area contributed by atoms with Gasteiger partial charge in [0.05, 0.1) is 13.2 Å². The molecule has 2 rings (SSSR count). The lowest BCUT2D eigenvalue weighted by Gasteiger charge is -2.17. The van der Waals surface area contributed by atoms with Crippen LogP contribution in [0.15, 0.2) is 23.8 Å². The number of hydrogen-bond donors (Lipinski definition) is 2. The molecule has 22 heavy (non-hydrogen) atoms. The number of benzene rings is 1. The molecule has 0 spiro atoms. The van der Waals surface area contributed by atoms with Crippen LogP contribution >= 0.6 is 12.2 Å². The van der Waals surface area contributed by atoms with E-state index in [1.165, 1.54) is 13.2 Å². The molecule has 0 saturated carbocycles. The molecule has 1 aromatic rings. The van der Waals surface area contributed by atoms with Crippen molar-refractivity contribution in [2.75, 3.05) is 7.11 Å². The maximum Gasteiger partial charge on any atom is 0.263 e. The molecule has 1 aliphatic rings. The fourth-order valence-electron chi connectivity index (χ4n) is 1.90. The van der Waals surface area contributed by atoms with Gasteiger partial charge in [-0.25, -0.2) is 0 Å². The second-order valence-electron chi connectivity index (χ2n) is 4.87. The van der Waals surface area contributed by atoms with E-state index in [0.29, 0.717) is 17.1 Å². The molecule has 0 atom stereocenters. The molecule has 1 heterocycles. The Labute approximate surface area is 133 Å². The molecule has 1 aliphatic heterocycles. The third-order valence-electron chi connectivity index (χ3n) is 2.80. The molecule has 1 aromatic carbocycles. The van der Waals surface area contributed by atoms with E-state index in [1.807, 2.05) is 13.8 Å². The van der Waals surface area contributed by atoms with Crippen LogP contribution in [0.3, 0.4) is 0 Å². The summed E-state index contributed by atoms with van der Waals surface area (Å²) in [6.07, 6.45) is 1.47. The number of ether oxygens (including phenoxy) is 2. The van der Waals surface area contributed by atoms with E-state index in [0.717, 1.165) is 0 Å². The summed E-state index contributed by atoms with van der Waals surface area (Å²) in [5.74, 6) is 0.0546. The van der Waals surface area contributed by atoms with Crippen LogP contribution in [0.5, 0.6) is 11.5 Å². The van der Waals surface area contributed by atoms with Crippen molar-refractivity contribution in [2.45, 2.75) is 20.0 Å². The van der Waals surface area contributed by atoms with Gasteiger partial charge in [-0.2, -0.15) is 0 Å². The molecule has 0 aliphatic carbocycles. The summed E-state index contributed by atoms with van der Waals surface area (Å²) in [6, 6.07) is 5.16. The molecule has 2 N–H and O–H groups in total. The van der Waals surface area contributed by atoms with Gasteiger partial charge in [-0.15, -0.1) is 0 Å². The highest BCUT2D eigenvalue weighted by Crippen LogP contribution is 2.29. The summed E-state index contributed by atoms with van der Waals surface area (Å²) in [7, 11) is 1.53. The monoisotopic (exact) mass is 320 g/mol. The van der Waals surface area contributed by atoms with Gasteiger partial charge < -0.3 is 9.47 Å². The standard InChI is InChI=1S/C15H16N2O4S/c1-8(2)21-11-5-4-9(7-12(11)20-3)6-10-13(18)16-15(22)17-14(10)19/h4-8H,1-3H3,(H2,16,17,18,19,22). The van der Waals surface area contributed by atoms with Gasteiger partial charge in [0.15, 0.2) is 16.6 Å². The van der Waals surface area contributed by atoms with E-state index >= 15 is 0 Å². The van der Waals surface area contributed by atoms with Crippen LogP contribution in [0.2, 0.25) is 0 Å². The van der Waals surface area contributed by atoms with E-state index in [9.17, 15) is 9.59 Å². The zero-order valence-electron chi connectivity index (χ0n) is 12.4. The minimum Gasteiger partial charge on any atom is -0.493 e. The van der Waals surface area contributed by atoms with E-state index in [4.69, 9.17) is 21.7 Å². The first-order valence-electron chi connectivity index (χ1n) is 6.63. The summed E-state index contributed by atoms with van der Waals surface area (Å²) in [5.41, 5.74) is 0.620. The first kappa shape index (κ1) is 16.0. The molecule has 2 amide bonds. The van der Waals surface area contributed by atoms with Crippen LogP contribution in [0.4, 0.5) is 0 Å². The largest absolute Gasteiger partial charge is 0.493 e. The Hall–Kier alpha value is -2.41. The van der Waals surface area contributed by atoms with E-state index < -0.39 is 11.8 Å².